The van der Waals surface area contributed by atoms with Gasteiger partial charge in [0.1, 0.15) is 11.3 Å². The van der Waals surface area contributed by atoms with Crippen LogP contribution in [0, 0.1) is 0 Å². The number of anilines is 2. The van der Waals surface area contributed by atoms with Gasteiger partial charge in [-0.15, -0.1) is 13.2 Å². The first-order valence-corrected chi connectivity index (χ1v) is 6.43. The van der Waals surface area contributed by atoms with Gasteiger partial charge in [0.2, 0.25) is 0 Å². The van der Waals surface area contributed by atoms with Gasteiger partial charge in [-0.1, -0.05) is 12.1 Å². The SMILES string of the molecule is O=c1nc(Nc2ccc(OC(F)(F)F)cc2)oc2ccccc12. The summed E-state index contributed by atoms with van der Waals surface area (Å²) in [4.78, 5) is 15.6. The van der Waals surface area contributed by atoms with E-state index in [1.165, 1.54) is 12.1 Å². The fraction of sp³-hybridized carbons (Fsp3) is 0.0667. The Morgan fingerprint density at radius 1 is 1.04 bits per heavy atom. The van der Waals surface area contributed by atoms with Gasteiger partial charge in [0.15, 0.2) is 0 Å². The van der Waals surface area contributed by atoms with Crippen LogP contribution in [0.25, 0.3) is 11.0 Å². The Labute approximate surface area is 127 Å². The van der Waals surface area contributed by atoms with Gasteiger partial charge in [0.05, 0.1) is 5.39 Å². The van der Waals surface area contributed by atoms with Crippen LogP contribution < -0.4 is 15.6 Å². The van der Waals surface area contributed by atoms with Crippen molar-refractivity contribution in [1.82, 2.24) is 4.98 Å². The molecule has 118 valence electrons. The van der Waals surface area contributed by atoms with Crippen molar-refractivity contribution < 1.29 is 22.3 Å². The van der Waals surface area contributed by atoms with Gasteiger partial charge in [-0.05, 0) is 36.4 Å². The Kier molecular flexibility index (Phi) is 3.65. The minimum atomic E-state index is -4.75. The van der Waals surface area contributed by atoms with Crippen molar-refractivity contribution in [1.29, 1.82) is 0 Å². The van der Waals surface area contributed by atoms with Crippen molar-refractivity contribution >= 4 is 22.7 Å². The number of halogens is 3. The molecule has 0 atom stereocenters. The lowest BCUT2D eigenvalue weighted by molar-refractivity contribution is -0.274. The van der Waals surface area contributed by atoms with E-state index in [0.29, 0.717) is 16.7 Å². The van der Waals surface area contributed by atoms with Crippen LogP contribution in [-0.4, -0.2) is 11.3 Å². The summed E-state index contributed by atoms with van der Waals surface area (Å²) in [5.41, 5.74) is 0.281. The number of hydrogen-bond donors (Lipinski definition) is 1. The van der Waals surface area contributed by atoms with Crippen molar-refractivity contribution in [3.05, 3.63) is 58.9 Å². The molecule has 0 aliphatic rings. The average molecular weight is 322 g/mol. The third-order valence-corrected chi connectivity index (χ3v) is 2.87. The van der Waals surface area contributed by atoms with Crippen LogP contribution in [-0.2, 0) is 0 Å². The second kappa shape index (κ2) is 5.64. The number of ether oxygens (including phenoxy) is 1. The van der Waals surface area contributed by atoms with Crippen LogP contribution in [0.15, 0.2) is 57.7 Å². The molecule has 0 saturated heterocycles. The number of rotatable bonds is 3. The normalized spacial score (nSPS) is 11.4. The Hall–Kier alpha value is -3.03. The highest BCUT2D eigenvalue weighted by Gasteiger charge is 2.30. The monoisotopic (exact) mass is 322 g/mol. The minimum absolute atomic E-state index is 0.0572. The molecular formula is C15H9F3N2O3. The second-order valence-corrected chi connectivity index (χ2v) is 4.52. The number of nitrogens with zero attached hydrogens (tertiary/aromatic N) is 1. The lowest BCUT2D eigenvalue weighted by Gasteiger charge is -2.09. The van der Waals surface area contributed by atoms with Crippen LogP contribution >= 0.6 is 0 Å². The lowest BCUT2D eigenvalue weighted by Crippen LogP contribution is -2.17. The fourth-order valence-electron chi connectivity index (χ4n) is 1.93. The van der Waals surface area contributed by atoms with E-state index in [4.69, 9.17) is 4.42 Å². The molecule has 23 heavy (non-hydrogen) atoms. The Morgan fingerprint density at radius 3 is 2.43 bits per heavy atom. The highest BCUT2D eigenvalue weighted by molar-refractivity contribution is 5.76. The van der Waals surface area contributed by atoms with E-state index in [-0.39, 0.29) is 11.8 Å². The largest absolute Gasteiger partial charge is 0.573 e. The van der Waals surface area contributed by atoms with Gasteiger partial charge < -0.3 is 14.5 Å². The number of alkyl halides is 3. The first kappa shape index (κ1) is 14.9. The van der Waals surface area contributed by atoms with Crippen LogP contribution in [0.2, 0.25) is 0 Å². The Morgan fingerprint density at radius 2 is 1.74 bits per heavy atom. The molecular weight excluding hydrogens is 313 g/mol. The second-order valence-electron chi connectivity index (χ2n) is 4.52. The number of fused-ring (bicyclic) bond motifs is 1. The molecule has 0 bridgehead atoms. The molecule has 1 N–H and O–H groups in total. The lowest BCUT2D eigenvalue weighted by atomic mass is 10.2. The van der Waals surface area contributed by atoms with Crippen LogP contribution in [0.1, 0.15) is 0 Å². The van der Waals surface area contributed by atoms with E-state index in [0.717, 1.165) is 12.1 Å². The van der Waals surface area contributed by atoms with Crippen LogP contribution in [0.3, 0.4) is 0 Å². The number of hydrogen-bond acceptors (Lipinski definition) is 5. The van der Waals surface area contributed by atoms with Crippen LogP contribution in [0.5, 0.6) is 5.75 Å². The van der Waals surface area contributed by atoms with Gasteiger partial charge in [0.25, 0.3) is 5.56 Å². The molecule has 0 unspecified atom stereocenters. The number of nitrogens with one attached hydrogen (secondary N) is 1. The summed E-state index contributed by atoms with van der Waals surface area (Å²) in [6.45, 7) is 0. The highest BCUT2D eigenvalue weighted by Crippen LogP contribution is 2.25. The first-order valence-electron chi connectivity index (χ1n) is 6.43. The molecule has 0 amide bonds. The summed E-state index contributed by atoms with van der Waals surface area (Å²) in [5, 5.41) is 3.05. The zero-order chi connectivity index (χ0) is 16.4. The standard InChI is InChI=1S/C15H9F3N2O3/c16-15(17,18)23-10-7-5-9(6-8-10)19-14-20-13(21)11-3-1-2-4-12(11)22-14/h1-8H,(H,19,20,21). The summed E-state index contributed by atoms with van der Waals surface area (Å²) in [5.74, 6) is -0.351. The minimum Gasteiger partial charge on any atom is -0.425 e. The smallest absolute Gasteiger partial charge is 0.425 e. The molecule has 5 nitrogen and oxygen atoms in total. The zero-order valence-corrected chi connectivity index (χ0v) is 11.4. The number of para-hydroxylation sites is 1. The molecule has 0 aliphatic heterocycles. The summed E-state index contributed by atoms with van der Waals surface area (Å²) in [6.07, 6.45) is -4.75. The van der Waals surface area contributed by atoms with Crippen molar-refractivity contribution in [2.24, 2.45) is 0 Å². The summed E-state index contributed by atoms with van der Waals surface area (Å²) in [7, 11) is 0. The third-order valence-electron chi connectivity index (χ3n) is 2.87. The third kappa shape index (κ3) is 3.60. The van der Waals surface area contributed by atoms with Crippen molar-refractivity contribution in [3.63, 3.8) is 0 Å². The average Bonchev–Trinajstić information content (AvgIpc) is 2.48. The zero-order valence-electron chi connectivity index (χ0n) is 11.4. The van der Waals surface area contributed by atoms with Crippen LogP contribution in [0.4, 0.5) is 24.9 Å². The molecule has 1 heterocycles. The summed E-state index contributed by atoms with van der Waals surface area (Å²) >= 11 is 0. The molecule has 0 aliphatic carbocycles. The van der Waals surface area contributed by atoms with E-state index in [2.05, 4.69) is 15.0 Å². The molecule has 0 radical (unpaired) electrons. The molecule has 3 rings (SSSR count). The van der Waals surface area contributed by atoms with E-state index in [9.17, 15) is 18.0 Å². The molecule has 0 spiro atoms. The Bertz CT molecular complexity index is 889. The molecule has 1 aromatic heterocycles. The first-order chi connectivity index (χ1) is 10.9. The predicted molar refractivity (Wildman–Crippen MR) is 76.7 cm³/mol. The topological polar surface area (TPSA) is 64.4 Å². The van der Waals surface area contributed by atoms with Gasteiger partial charge in [-0.2, -0.15) is 4.98 Å². The maximum atomic E-state index is 12.1. The van der Waals surface area contributed by atoms with E-state index < -0.39 is 11.9 Å². The molecule has 0 saturated carbocycles. The maximum absolute atomic E-state index is 12.1. The quantitative estimate of drug-likeness (QED) is 0.794. The van der Waals surface area contributed by atoms with E-state index in [1.807, 2.05) is 0 Å². The summed E-state index contributed by atoms with van der Waals surface area (Å²) < 4.78 is 45.4. The van der Waals surface area contributed by atoms with Crippen molar-refractivity contribution in [2.45, 2.75) is 6.36 Å². The van der Waals surface area contributed by atoms with Gasteiger partial charge in [-0.3, -0.25) is 4.79 Å². The molecule has 2 aromatic carbocycles. The number of aromatic nitrogens is 1. The Balaban J connectivity index is 1.83. The van der Waals surface area contributed by atoms with Crippen molar-refractivity contribution in [3.8, 4) is 5.75 Å². The van der Waals surface area contributed by atoms with Gasteiger partial charge >= 0.3 is 12.4 Å². The predicted octanol–water partition coefficient (Wildman–Crippen LogP) is 3.83. The fourth-order valence-corrected chi connectivity index (χ4v) is 1.93. The highest BCUT2D eigenvalue weighted by atomic mass is 19.4. The molecule has 8 heteroatoms. The number of benzene rings is 2. The van der Waals surface area contributed by atoms with Gasteiger partial charge in [0, 0.05) is 5.69 Å². The molecule has 3 aromatic rings. The maximum Gasteiger partial charge on any atom is 0.573 e. The summed E-state index contributed by atoms with van der Waals surface area (Å²) in [6, 6.07) is 11.5. The van der Waals surface area contributed by atoms with Crippen molar-refractivity contribution in [2.75, 3.05) is 5.32 Å². The van der Waals surface area contributed by atoms with E-state index >= 15 is 0 Å². The van der Waals surface area contributed by atoms with Gasteiger partial charge in [-0.25, -0.2) is 0 Å². The molecule has 0 fully saturated rings. The van der Waals surface area contributed by atoms with E-state index in [1.54, 1.807) is 24.3 Å².